The third-order valence-corrected chi connectivity index (χ3v) is 1.73. The Bertz CT molecular complexity index is 391. The summed E-state index contributed by atoms with van der Waals surface area (Å²) in [7, 11) is 1.55. The number of rotatable bonds is 5. The molecule has 17 heavy (non-hydrogen) atoms. The number of amides is 3. The van der Waals surface area contributed by atoms with Crippen LogP contribution in [0.15, 0.2) is 24.3 Å². The summed E-state index contributed by atoms with van der Waals surface area (Å²) < 4.78 is 4.96. The Balaban J connectivity index is 2.37. The predicted octanol–water partition coefficient (Wildman–Crippen LogP) is 0.234. The molecular formula is C10H13N3O4. The molecule has 0 radical (unpaired) electrons. The largest absolute Gasteiger partial charge is 0.497 e. The van der Waals surface area contributed by atoms with Crippen molar-refractivity contribution in [1.29, 1.82) is 0 Å². The fourth-order valence-electron chi connectivity index (χ4n) is 1.00. The molecule has 7 heteroatoms. The van der Waals surface area contributed by atoms with E-state index < -0.39 is 11.9 Å². The lowest BCUT2D eigenvalue weighted by Crippen LogP contribution is -2.32. The predicted molar refractivity (Wildman–Crippen MR) is 60.3 cm³/mol. The molecule has 0 fully saturated rings. The van der Waals surface area contributed by atoms with Crippen LogP contribution in [0.1, 0.15) is 0 Å². The number of ether oxygens (including phenoxy) is 1. The van der Waals surface area contributed by atoms with Gasteiger partial charge in [0.1, 0.15) is 5.75 Å². The summed E-state index contributed by atoms with van der Waals surface area (Å²) >= 11 is 0. The molecule has 0 spiro atoms. The van der Waals surface area contributed by atoms with Crippen molar-refractivity contribution < 1.29 is 19.2 Å². The first-order valence-corrected chi connectivity index (χ1v) is 4.73. The molecule has 0 bridgehead atoms. The van der Waals surface area contributed by atoms with Crippen LogP contribution in [-0.2, 0) is 9.63 Å². The number of nitrogens with two attached hydrogens (primary N) is 1. The summed E-state index contributed by atoms with van der Waals surface area (Å²) in [6.45, 7) is -0.379. The highest BCUT2D eigenvalue weighted by Gasteiger charge is 2.02. The van der Waals surface area contributed by atoms with Gasteiger partial charge in [0.05, 0.1) is 7.11 Å². The van der Waals surface area contributed by atoms with Crippen LogP contribution in [0.3, 0.4) is 0 Å². The fourth-order valence-corrected chi connectivity index (χ4v) is 1.00. The van der Waals surface area contributed by atoms with Crippen LogP contribution < -0.4 is 21.3 Å². The van der Waals surface area contributed by atoms with Gasteiger partial charge in [-0.05, 0) is 24.3 Å². The summed E-state index contributed by atoms with van der Waals surface area (Å²) in [5, 5.41) is 2.48. The summed E-state index contributed by atoms with van der Waals surface area (Å²) in [6.07, 6.45) is 0. The normalized spacial score (nSPS) is 9.47. The molecule has 3 amide bonds. The van der Waals surface area contributed by atoms with Crippen molar-refractivity contribution in [3.63, 3.8) is 0 Å². The van der Waals surface area contributed by atoms with Gasteiger partial charge in [-0.25, -0.2) is 10.3 Å². The number of benzene rings is 1. The van der Waals surface area contributed by atoms with Crippen molar-refractivity contribution in [3.8, 4) is 5.75 Å². The molecule has 0 unspecified atom stereocenters. The summed E-state index contributed by atoms with van der Waals surface area (Å²) in [4.78, 5) is 26.1. The van der Waals surface area contributed by atoms with Crippen molar-refractivity contribution in [2.24, 2.45) is 5.73 Å². The maximum atomic E-state index is 11.2. The van der Waals surface area contributed by atoms with E-state index in [1.54, 1.807) is 31.4 Å². The second-order valence-electron chi connectivity index (χ2n) is 3.04. The minimum Gasteiger partial charge on any atom is -0.497 e. The van der Waals surface area contributed by atoms with Crippen molar-refractivity contribution in [1.82, 2.24) is 5.48 Å². The van der Waals surface area contributed by atoms with E-state index in [1.807, 2.05) is 5.48 Å². The van der Waals surface area contributed by atoms with E-state index in [-0.39, 0.29) is 6.61 Å². The Hall–Kier alpha value is -2.28. The number of nitrogens with one attached hydrogen (secondary N) is 2. The Kier molecular flexibility index (Phi) is 4.77. The highest BCUT2D eigenvalue weighted by atomic mass is 16.7. The van der Waals surface area contributed by atoms with Gasteiger partial charge in [0.15, 0.2) is 6.61 Å². The average Bonchev–Trinajstić information content (AvgIpc) is 2.29. The van der Waals surface area contributed by atoms with E-state index in [4.69, 9.17) is 10.5 Å². The number of carbonyl (C=O) groups is 2. The smallest absolute Gasteiger partial charge is 0.343 e. The van der Waals surface area contributed by atoms with Gasteiger partial charge in [-0.1, -0.05) is 0 Å². The average molecular weight is 239 g/mol. The lowest BCUT2D eigenvalue weighted by molar-refractivity contribution is -0.124. The topological polar surface area (TPSA) is 103 Å². The van der Waals surface area contributed by atoms with E-state index in [9.17, 15) is 9.59 Å². The van der Waals surface area contributed by atoms with E-state index in [0.29, 0.717) is 11.4 Å². The molecule has 0 saturated carbocycles. The van der Waals surface area contributed by atoms with Crippen LogP contribution in [-0.4, -0.2) is 25.7 Å². The fraction of sp³-hybridized carbons (Fsp3) is 0.200. The molecule has 7 nitrogen and oxygen atoms in total. The van der Waals surface area contributed by atoms with Gasteiger partial charge in [-0.3, -0.25) is 9.63 Å². The van der Waals surface area contributed by atoms with Gasteiger partial charge in [-0.2, -0.15) is 0 Å². The number of urea groups is 1. The molecule has 1 rings (SSSR count). The molecule has 1 aromatic carbocycles. The standard InChI is InChI=1S/C10H13N3O4/c1-16-8-4-2-7(3-5-8)12-10(15)13-17-6-9(11)14/h2-5H,6H2,1H3,(H2,11,14)(H2,12,13,15). The van der Waals surface area contributed by atoms with Crippen LogP contribution in [0, 0.1) is 0 Å². The molecule has 0 aliphatic carbocycles. The number of hydroxylamine groups is 1. The molecule has 1 aromatic rings. The molecule has 4 N–H and O–H groups in total. The number of anilines is 1. The van der Waals surface area contributed by atoms with Gasteiger partial charge in [0.25, 0.3) is 0 Å². The lowest BCUT2D eigenvalue weighted by atomic mass is 10.3. The van der Waals surface area contributed by atoms with Crippen molar-refractivity contribution in [3.05, 3.63) is 24.3 Å². The maximum Gasteiger partial charge on any atom is 0.343 e. The van der Waals surface area contributed by atoms with E-state index >= 15 is 0 Å². The van der Waals surface area contributed by atoms with Gasteiger partial charge >= 0.3 is 6.03 Å². The zero-order chi connectivity index (χ0) is 12.7. The molecule has 0 aliphatic heterocycles. The molecule has 0 atom stereocenters. The number of methoxy groups -OCH3 is 1. The van der Waals surface area contributed by atoms with E-state index in [1.165, 1.54) is 0 Å². The van der Waals surface area contributed by atoms with Crippen LogP contribution >= 0.6 is 0 Å². The maximum absolute atomic E-state index is 11.2. The minimum absolute atomic E-state index is 0.379. The minimum atomic E-state index is -0.672. The van der Waals surface area contributed by atoms with E-state index in [0.717, 1.165) is 0 Å². The lowest BCUT2D eigenvalue weighted by Gasteiger charge is -2.07. The zero-order valence-electron chi connectivity index (χ0n) is 9.23. The number of hydrogen-bond donors (Lipinski definition) is 3. The van der Waals surface area contributed by atoms with E-state index in [2.05, 4.69) is 10.2 Å². The van der Waals surface area contributed by atoms with Crippen LogP contribution in [0.2, 0.25) is 0 Å². The third-order valence-electron chi connectivity index (χ3n) is 1.73. The molecule has 0 aliphatic rings. The monoisotopic (exact) mass is 239 g/mol. The quantitative estimate of drug-likeness (QED) is 0.640. The number of hydrogen-bond acceptors (Lipinski definition) is 4. The van der Waals surface area contributed by atoms with Gasteiger partial charge in [0.2, 0.25) is 5.91 Å². The Morgan fingerprint density at radius 1 is 1.29 bits per heavy atom. The zero-order valence-corrected chi connectivity index (χ0v) is 9.23. The first kappa shape index (κ1) is 12.8. The van der Waals surface area contributed by atoms with Gasteiger partial charge < -0.3 is 15.8 Å². The van der Waals surface area contributed by atoms with Crippen LogP contribution in [0.5, 0.6) is 5.75 Å². The highest BCUT2D eigenvalue weighted by Crippen LogP contribution is 2.14. The van der Waals surface area contributed by atoms with Crippen molar-refractivity contribution in [2.75, 3.05) is 19.0 Å². The molecule has 0 heterocycles. The Labute approximate surface area is 97.8 Å². The highest BCUT2D eigenvalue weighted by molar-refractivity contribution is 5.88. The Morgan fingerprint density at radius 2 is 1.94 bits per heavy atom. The number of carbonyl (C=O) groups excluding carboxylic acids is 2. The number of primary amides is 1. The van der Waals surface area contributed by atoms with Crippen molar-refractivity contribution in [2.45, 2.75) is 0 Å². The molecule has 0 saturated heterocycles. The van der Waals surface area contributed by atoms with Crippen LogP contribution in [0.25, 0.3) is 0 Å². The first-order valence-electron chi connectivity index (χ1n) is 4.73. The summed E-state index contributed by atoms with van der Waals surface area (Å²) in [6, 6.07) is 6.11. The van der Waals surface area contributed by atoms with Crippen molar-refractivity contribution >= 4 is 17.6 Å². The van der Waals surface area contributed by atoms with Crippen LogP contribution in [0.4, 0.5) is 10.5 Å². The van der Waals surface area contributed by atoms with Gasteiger partial charge in [-0.15, -0.1) is 0 Å². The SMILES string of the molecule is COc1ccc(NC(=O)NOCC(N)=O)cc1. The molecular weight excluding hydrogens is 226 g/mol. The molecule has 0 aromatic heterocycles. The molecule has 92 valence electrons. The summed E-state index contributed by atoms with van der Waals surface area (Å²) in [5.74, 6) is 0.00989. The summed E-state index contributed by atoms with van der Waals surface area (Å²) in [5.41, 5.74) is 7.38. The van der Waals surface area contributed by atoms with Gasteiger partial charge in [0, 0.05) is 5.69 Å². The first-order chi connectivity index (χ1) is 8.11. The Morgan fingerprint density at radius 3 is 2.47 bits per heavy atom. The second-order valence-corrected chi connectivity index (χ2v) is 3.04. The third kappa shape index (κ3) is 4.85. The second kappa shape index (κ2) is 6.33.